The number of thiocarbonyl (C=S) groups is 1. The van der Waals surface area contributed by atoms with Crippen molar-refractivity contribution in [2.24, 2.45) is 0 Å². The molecule has 0 aliphatic heterocycles. The Hall–Kier alpha value is -1.14. The van der Waals surface area contributed by atoms with Crippen molar-refractivity contribution in [3.63, 3.8) is 0 Å². The van der Waals surface area contributed by atoms with Crippen molar-refractivity contribution in [1.29, 1.82) is 0 Å². The summed E-state index contributed by atoms with van der Waals surface area (Å²) in [4.78, 5) is 12.7. The summed E-state index contributed by atoms with van der Waals surface area (Å²) in [6.45, 7) is 1.97. The first kappa shape index (κ1) is 11.3. The normalized spacial score (nSPS) is 14.3. The van der Waals surface area contributed by atoms with Gasteiger partial charge in [0.2, 0.25) is 0 Å². The molecule has 1 fully saturated rings. The molecule has 1 aliphatic carbocycles. The maximum atomic E-state index is 11.6. The fourth-order valence-electron chi connectivity index (χ4n) is 1.20. The van der Waals surface area contributed by atoms with Crippen molar-refractivity contribution < 1.29 is 4.79 Å². The van der Waals surface area contributed by atoms with Gasteiger partial charge in [0.1, 0.15) is 0 Å². The number of carbonyl (C=O) groups is 1. The lowest BCUT2D eigenvalue weighted by molar-refractivity contribution is 0.0944. The third-order valence-corrected chi connectivity index (χ3v) is 3.28. The second kappa shape index (κ2) is 4.80. The number of hydrogen-bond donors (Lipinski definition) is 3. The van der Waals surface area contributed by atoms with Crippen LogP contribution in [-0.4, -0.2) is 17.1 Å². The number of nitrogens with one attached hydrogen (secondary N) is 3. The molecule has 1 heterocycles. The summed E-state index contributed by atoms with van der Waals surface area (Å²) in [6.07, 6.45) is 2.30. The summed E-state index contributed by atoms with van der Waals surface area (Å²) >= 11 is 6.56. The van der Waals surface area contributed by atoms with Crippen LogP contribution in [0.1, 0.15) is 28.1 Å². The van der Waals surface area contributed by atoms with Gasteiger partial charge in [-0.15, -0.1) is 11.3 Å². The molecule has 0 aromatic carbocycles. The van der Waals surface area contributed by atoms with E-state index in [1.165, 1.54) is 0 Å². The number of carbonyl (C=O) groups excluding carboxylic acids is 1. The van der Waals surface area contributed by atoms with Gasteiger partial charge in [-0.1, -0.05) is 0 Å². The van der Waals surface area contributed by atoms with Crippen LogP contribution in [0.25, 0.3) is 0 Å². The van der Waals surface area contributed by atoms with Gasteiger partial charge in [-0.05, 0) is 38.0 Å². The SMILES string of the molecule is Cc1cc(C(=O)NNC(=S)NC2CC2)cs1. The quantitative estimate of drug-likeness (QED) is 0.551. The lowest BCUT2D eigenvalue weighted by Gasteiger charge is -2.09. The average molecular weight is 255 g/mol. The molecular weight excluding hydrogens is 242 g/mol. The van der Waals surface area contributed by atoms with Crippen LogP contribution in [-0.2, 0) is 0 Å². The first-order chi connectivity index (χ1) is 7.65. The summed E-state index contributed by atoms with van der Waals surface area (Å²) in [7, 11) is 0. The van der Waals surface area contributed by atoms with Gasteiger partial charge in [0, 0.05) is 16.3 Å². The molecule has 6 heteroatoms. The first-order valence-corrected chi connectivity index (χ1v) is 6.36. The molecule has 0 bridgehead atoms. The first-order valence-electron chi connectivity index (χ1n) is 5.07. The zero-order chi connectivity index (χ0) is 11.5. The highest BCUT2D eigenvalue weighted by atomic mass is 32.1. The van der Waals surface area contributed by atoms with Gasteiger partial charge in [-0.25, -0.2) is 0 Å². The van der Waals surface area contributed by atoms with Crippen LogP contribution in [0, 0.1) is 6.92 Å². The molecule has 0 saturated heterocycles. The number of thiophene rings is 1. The van der Waals surface area contributed by atoms with Crippen molar-refractivity contribution in [3.05, 3.63) is 21.9 Å². The van der Waals surface area contributed by atoms with Crippen molar-refractivity contribution in [3.8, 4) is 0 Å². The zero-order valence-corrected chi connectivity index (χ0v) is 10.5. The Morgan fingerprint density at radius 2 is 2.25 bits per heavy atom. The van der Waals surface area contributed by atoms with Crippen LogP contribution < -0.4 is 16.2 Å². The minimum Gasteiger partial charge on any atom is -0.359 e. The number of amides is 1. The molecule has 1 aliphatic rings. The lowest BCUT2D eigenvalue weighted by Crippen LogP contribution is -2.47. The van der Waals surface area contributed by atoms with Crippen molar-refractivity contribution in [2.45, 2.75) is 25.8 Å². The predicted molar refractivity (Wildman–Crippen MR) is 68.4 cm³/mol. The molecule has 1 saturated carbocycles. The van der Waals surface area contributed by atoms with E-state index in [0.717, 1.165) is 17.7 Å². The summed E-state index contributed by atoms with van der Waals surface area (Å²) < 4.78 is 0. The number of hydrogen-bond acceptors (Lipinski definition) is 3. The molecule has 4 nitrogen and oxygen atoms in total. The summed E-state index contributed by atoms with van der Waals surface area (Å²) in [5.74, 6) is -0.163. The van der Waals surface area contributed by atoms with E-state index in [4.69, 9.17) is 12.2 Å². The Morgan fingerprint density at radius 3 is 2.81 bits per heavy atom. The van der Waals surface area contributed by atoms with Gasteiger partial charge >= 0.3 is 0 Å². The van der Waals surface area contributed by atoms with Gasteiger partial charge in [-0.3, -0.25) is 15.6 Å². The highest BCUT2D eigenvalue weighted by Crippen LogP contribution is 2.18. The average Bonchev–Trinajstić information content (AvgIpc) is 2.95. The molecule has 3 N–H and O–H groups in total. The van der Waals surface area contributed by atoms with E-state index in [9.17, 15) is 4.79 Å². The Morgan fingerprint density at radius 1 is 1.50 bits per heavy atom. The summed E-state index contributed by atoms with van der Waals surface area (Å²) in [5.41, 5.74) is 5.90. The summed E-state index contributed by atoms with van der Waals surface area (Å²) in [6, 6.07) is 2.33. The van der Waals surface area contributed by atoms with E-state index < -0.39 is 0 Å². The second-order valence-electron chi connectivity index (χ2n) is 3.77. The molecule has 86 valence electrons. The zero-order valence-electron chi connectivity index (χ0n) is 8.87. The third kappa shape index (κ3) is 3.18. The predicted octanol–water partition coefficient (Wildman–Crippen LogP) is 1.33. The minimum absolute atomic E-state index is 0.163. The van der Waals surface area contributed by atoms with Gasteiger partial charge in [0.15, 0.2) is 5.11 Å². The Kier molecular flexibility index (Phi) is 3.40. The molecule has 0 unspecified atom stereocenters. The Labute approximate surface area is 103 Å². The van der Waals surface area contributed by atoms with E-state index >= 15 is 0 Å². The molecule has 2 rings (SSSR count). The number of rotatable bonds is 2. The molecule has 1 aromatic heterocycles. The van der Waals surface area contributed by atoms with Crippen LogP contribution in [0.3, 0.4) is 0 Å². The van der Waals surface area contributed by atoms with E-state index in [-0.39, 0.29) is 5.91 Å². The third-order valence-electron chi connectivity index (χ3n) is 2.19. The van der Waals surface area contributed by atoms with Crippen molar-refractivity contribution >= 4 is 34.6 Å². The minimum atomic E-state index is -0.163. The molecule has 0 spiro atoms. The van der Waals surface area contributed by atoms with E-state index in [1.54, 1.807) is 11.3 Å². The standard InChI is InChI=1S/C10H13N3OS2/c1-6-4-7(5-16-6)9(14)12-13-10(15)11-8-2-3-8/h4-5,8H,2-3H2,1H3,(H,12,14)(H2,11,13,15). The number of hydrazine groups is 1. The lowest BCUT2D eigenvalue weighted by atomic mass is 10.3. The van der Waals surface area contributed by atoms with E-state index in [2.05, 4.69) is 16.2 Å². The van der Waals surface area contributed by atoms with Gasteiger partial charge in [0.05, 0.1) is 5.56 Å². The maximum absolute atomic E-state index is 11.6. The Bertz CT molecular complexity index is 412. The molecule has 1 amide bonds. The number of aryl methyl sites for hydroxylation is 1. The smallest absolute Gasteiger partial charge is 0.270 e. The molecular formula is C10H13N3OS2. The van der Waals surface area contributed by atoms with E-state index in [0.29, 0.717) is 16.7 Å². The van der Waals surface area contributed by atoms with Crippen LogP contribution in [0.15, 0.2) is 11.4 Å². The molecule has 16 heavy (non-hydrogen) atoms. The topological polar surface area (TPSA) is 53.2 Å². The highest BCUT2D eigenvalue weighted by molar-refractivity contribution is 7.80. The van der Waals surface area contributed by atoms with Crippen molar-refractivity contribution in [2.75, 3.05) is 0 Å². The van der Waals surface area contributed by atoms with Crippen LogP contribution >= 0.6 is 23.6 Å². The van der Waals surface area contributed by atoms with Crippen LogP contribution in [0.2, 0.25) is 0 Å². The molecule has 0 atom stereocenters. The van der Waals surface area contributed by atoms with Gasteiger partial charge in [0.25, 0.3) is 5.91 Å². The fraction of sp³-hybridized carbons (Fsp3) is 0.400. The fourth-order valence-corrected chi connectivity index (χ4v) is 2.10. The highest BCUT2D eigenvalue weighted by Gasteiger charge is 2.21. The van der Waals surface area contributed by atoms with Gasteiger partial charge < -0.3 is 5.32 Å². The molecule has 1 aromatic rings. The van der Waals surface area contributed by atoms with Crippen LogP contribution in [0.5, 0.6) is 0 Å². The van der Waals surface area contributed by atoms with Crippen LogP contribution in [0.4, 0.5) is 0 Å². The monoisotopic (exact) mass is 255 g/mol. The largest absolute Gasteiger partial charge is 0.359 e. The summed E-state index contributed by atoms with van der Waals surface area (Å²) in [5, 5.41) is 5.37. The van der Waals surface area contributed by atoms with Crippen molar-refractivity contribution in [1.82, 2.24) is 16.2 Å². The maximum Gasteiger partial charge on any atom is 0.270 e. The van der Waals surface area contributed by atoms with Gasteiger partial charge in [-0.2, -0.15) is 0 Å². The Balaban J connectivity index is 1.76. The second-order valence-corrected chi connectivity index (χ2v) is 5.30. The van der Waals surface area contributed by atoms with E-state index in [1.807, 2.05) is 18.4 Å². The molecule has 0 radical (unpaired) electrons.